The summed E-state index contributed by atoms with van der Waals surface area (Å²) in [5.41, 5.74) is 0.638. The smallest absolute Gasteiger partial charge is 0.311 e. The zero-order valence-corrected chi connectivity index (χ0v) is 23.1. The first-order chi connectivity index (χ1) is 17.6. The Morgan fingerprint density at radius 1 is 1.30 bits per heavy atom. The molecule has 1 spiro atoms. The van der Waals surface area contributed by atoms with Gasteiger partial charge in [-0.3, -0.25) is 14.4 Å². The van der Waals surface area contributed by atoms with Crippen LogP contribution in [-0.2, 0) is 19.1 Å². The lowest BCUT2D eigenvalue weighted by atomic mass is 9.66. The molecule has 3 aliphatic heterocycles. The van der Waals surface area contributed by atoms with E-state index < -0.39 is 34.6 Å². The summed E-state index contributed by atoms with van der Waals surface area (Å²) in [7, 11) is 0. The molecule has 3 aliphatic rings. The van der Waals surface area contributed by atoms with Crippen LogP contribution in [-0.4, -0.2) is 69.6 Å². The van der Waals surface area contributed by atoms with E-state index in [1.165, 1.54) is 6.08 Å². The Kier molecular flexibility index (Phi) is 8.12. The second-order valence-electron chi connectivity index (χ2n) is 10.4. The number of likely N-dealkylation sites (tertiary alicyclic amines) is 1. The number of benzene rings is 1. The molecule has 1 aromatic rings. The van der Waals surface area contributed by atoms with Gasteiger partial charge in [0.1, 0.15) is 12.6 Å². The van der Waals surface area contributed by atoms with E-state index in [9.17, 15) is 19.5 Å². The van der Waals surface area contributed by atoms with Crippen LogP contribution in [0.25, 0.3) is 0 Å². The maximum atomic E-state index is 14.6. The number of ether oxygens (including phenoxy) is 1. The SMILES string of the molecule is C=CCOC(=O)[C@@H]1[C@@H]2CC(C)C3(S2)C(C(=O)N(CC=C)c2ccc(Cl)cc2)N([C@@H](CO)C(C)C)C(=O)[C@H]13. The molecule has 0 radical (unpaired) electrons. The molecule has 2 amide bonds. The summed E-state index contributed by atoms with van der Waals surface area (Å²) in [5, 5.41) is 10.8. The number of thioether (sulfide) groups is 1. The molecule has 3 saturated heterocycles. The summed E-state index contributed by atoms with van der Waals surface area (Å²) in [6, 6.07) is 5.53. The number of rotatable bonds is 10. The number of hydrogen-bond acceptors (Lipinski definition) is 6. The van der Waals surface area contributed by atoms with Crippen molar-refractivity contribution >= 4 is 46.8 Å². The molecule has 0 saturated carbocycles. The summed E-state index contributed by atoms with van der Waals surface area (Å²) >= 11 is 7.68. The Balaban J connectivity index is 1.85. The molecule has 7 atom stereocenters. The van der Waals surface area contributed by atoms with Crippen LogP contribution in [0.3, 0.4) is 0 Å². The molecule has 3 unspecified atom stereocenters. The predicted octanol–water partition coefficient (Wildman–Crippen LogP) is 3.94. The van der Waals surface area contributed by atoms with E-state index in [1.807, 2.05) is 13.8 Å². The van der Waals surface area contributed by atoms with E-state index in [1.54, 1.807) is 51.9 Å². The molecule has 1 aromatic carbocycles. The van der Waals surface area contributed by atoms with Crippen LogP contribution in [0.15, 0.2) is 49.6 Å². The predicted molar refractivity (Wildman–Crippen MR) is 146 cm³/mol. The Morgan fingerprint density at radius 3 is 2.54 bits per heavy atom. The van der Waals surface area contributed by atoms with Gasteiger partial charge in [0.2, 0.25) is 5.91 Å². The molecular weight excluding hydrogens is 512 g/mol. The molecule has 9 heteroatoms. The van der Waals surface area contributed by atoms with Gasteiger partial charge in [0.15, 0.2) is 0 Å². The van der Waals surface area contributed by atoms with Crippen molar-refractivity contribution in [2.45, 2.75) is 49.3 Å². The van der Waals surface area contributed by atoms with Gasteiger partial charge in [-0.25, -0.2) is 0 Å². The number of halogens is 1. The van der Waals surface area contributed by atoms with Crippen LogP contribution in [0.5, 0.6) is 0 Å². The number of aliphatic hydroxyl groups is 1. The van der Waals surface area contributed by atoms with Gasteiger partial charge >= 0.3 is 5.97 Å². The highest BCUT2D eigenvalue weighted by molar-refractivity contribution is 8.02. The second kappa shape index (κ2) is 10.8. The van der Waals surface area contributed by atoms with Crippen molar-refractivity contribution in [3.63, 3.8) is 0 Å². The fourth-order valence-electron chi connectivity index (χ4n) is 6.44. The Labute approximate surface area is 227 Å². The summed E-state index contributed by atoms with van der Waals surface area (Å²) in [6.07, 6.45) is 3.85. The molecule has 37 heavy (non-hydrogen) atoms. The van der Waals surface area contributed by atoms with Gasteiger partial charge in [0.25, 0.3) is 5.91 Å². The van der Waals surface area contributed by atoms with Gasteiger partial charge in [-0.05, 0) is 42.5 Å². The first-order valence-electron chi connectivity index (χ1n) is 12.7. The average Bonchev–Trinajstić information content (AvgIpc) is 3.46. The summed E-state index contributed by atoms with van der Waals surface area (Å²) in [6.45, 7) is 13.4. The first kappa shape index (κ1) is 27.7. The number of hydrogen-bond donors (Lipinski definition) is 1. The number of amides is 2. The van der Waals surface area contributed by atoms with Crippen molar-refractivity contribution in [1.29, 1.82) is 0 Å². The van der Waals surface area contributed by atoms with Crippen LogP contribution >= 0.6 is 23.4 Å². The van der Waals surface area contributed by atoms with Gasteiger partial charge in [0.05, 0.1) is 29.2 Å². The third kappa shape index (κ3) is 4.41. The van der Waals surface area contributed by atoms with Gasteiger partial charge in [0, 0.05) is 22.5 Å². The fourth-order valence-corrected chi connectivity index (χ4v) is 8.96. The monoisotopic (exact) mass is 546 g/mol. The molecule has 3 fully saturated rings. The number of fused-ring (bicyclic) bond motifs is 1. The highest BCUT2D eigenvalue weighted by Gasteiger charge is 2.77. The van der Waals surface area contributed by atoms with E-state index in [4.69, 9.17) is 16.3 Å². The highest BCUT2D eigenvalue weighted by Crippen LogP contribution is 2.69. The van der Waals surface area contributed by atoms with Crippen LogP contribution in [0.4, 0.5) is 5.69 Å². The number of carbonyl (C=O) groups excluding carboxylic acids is 3. The van der Waals surface area contributed by atoms with Gasteiger partial charge in [-0.1, -0.05) is 51.1 Å². The number of nitrogens with zero attached hydrogens (tertiary/aromatic N) is 2. The third-order valence-electron chi connectivity index (χ3n) is 8.06. The lowest BCUT2D eigenvalue weighted by Crippen LogP contribution is -2.60. The Hall–Kier alpha value is -2.29. The molecular formula is C28H35ClN2O5S. The molecule has 200 valence electrons. The van der Waals surface area contributed by atoms with E-state index in [2.05, 4.69) is 20.1 Å². The van der Waals surface area contributed by atoms with Crippen LogP contribution in [0, 0.1) is 23.7 Å². The van der Waals surface area contributed by atoms with E-state index in [0.29, 0.717) is 17.1 Å². The summed E-state index contributed by atoms with van der Waals surface area (Å²) in [4.78, 5) is 45.2. The maximum Gasteiger partial charge on any atom is 0.311 e. The average molecular weight is 547 g/mol. The summed E-state index contributed by atoms with van der Waals surface area (Å²) < 4.78 is 4.62. The van der Waals surface area contributed by atoms with Crippen molar-refractivity contribution in [1.82, 2.24) is 4.90 Å². The van der Waals surface area contributed by atoms with Crippen molar-refractivity contribution < 1.29 is 24.2 Å². The molecule has 7 nitrogen and oxygen atoms in total. The zero-order chi connectivity index (χ0) is 27.1. The molecule has 0 aromatic heterocycles. The third-order valence-corrected chi connectivity index (χ3v) is 10.4. The molecule has 2 bridgehead atoms. The number of esters is 1. The topological polar surface area (TPSA) is 87.2 Å². The minimum Gasteiger partial charge on any atom is -0.461 e. The normalized spacial score (nSPS) is 30.8. The standard InChI is InChI=1S/C28H35ClN2O5S/c1-6-12-30(19-10-8-18(29)9-11-19)26(34)24-28-17(5)14-21(37-28)22(27(35)36-13-7-2)23(28)25(33)31(24)20(15-32)16(3)4/h6-11,16-17,20-24,32H,1-2,12-15H2,3-5H3/t17?,20-,21-,22+,23-,24?,28?/m0/s1. The van der Waals surface area contributed by atoms with Crippen molar-refractivity contribution in [3.05, 3.63) is 54.6 Å². The van der Waals surface area contributed by atoms with Gasteiger partial charge in [-0.15, -0.1) is 18.3 Å². The minimum atomic E-state index is -0.859. The second-order valence-corrected chi connectivity index (χ2v) is 12.4. The summed E-state index contributed by atoms with van der Waals surface area (Å²) in [5.74, 6) is -2.40. The van der Waals surface area contributed by atoms with Crippen molar-refractivity contribution in [3.8, 4) is 0 Å². The van der Waals surface area contributed by atoms with Gasteiger partial charge < -0.3 is 19.6 Å². The van der Waals surface area contributed by atoms with E-state index in [0.717, 1.165) is 0 Å². The largest absolute Gasteiger partial charge is 0.461 e. The quantitative estimate of drug-likeness (QED) is 0.353. The maximum absolute atomic E-state index is 14.6. The molecule has 3 heterocycles. The van der Waals surface area contributed by atoms with Crippen LogP contribution in [0.1, 0.15) is 27.2 Å². The van der Waals surface area contributed by atoms with Crippen LogP contribution < -0.4 is 4.90 Å². The lowest BCUT2D eigenvalue weighted by Gasteiger charge is -2.42. The highest BCUT2D eigenvalue weighted by atomic mass is 35.5. The Morgan fingerprint density at radius 2 is 1.97 bits per heavy atom. The van der Waals surface area contributed by atoms with Crippen molar-refractivity contribution in [2.24, 2.45) is 23.7 Å². The Bertz CT molecular complexity index is 1080. The van der Waals surface area contributed by atoms with Gasteiger partial charge in [-0.2, -0.15) is 0 Å². The molecule has 1 N–H and O–H groups in total. The molecule has 4 rings (SSSR count). The van der Waals surface area contributed by atoms with E-state index >= 15 is 0 Å². The van der Waals surface area contributed by atoms with Crippen molar-refractivity contribution in [2.75, 3.05) is 24.7 Å². The first-order valence-corrected chi connectivity index (χ1v) is 14.0. The van der Waals surface area contributed by atoms with Crippen LogP contribution in [0.2, 0.25) is 5.02 Å². The number of aliphatic hydroxyl groups excluding tert-OH is 1. The minimum absolute atomic E-state index is 0.00107. The van der Waals surface area contributed by atoms with E-state index in [-0.39, 0.29) is 48.7 Å². The lowest BCUT2D eigenvalue weighted by molar-refractivity contribution is -0.154. The molecule has 0 aliphatic carbocycles. The fraction of sp³-hybridized carbons (Fsp3) is 0.536. The zero-order valence-electron chi connectivity index (χ0n) is 21.5. The number of carbonyl (C=O) groups is 3. The number of anilines is 1.